The van der Waals surface area contributed by atoms with Gasteiger partial charge in [-0.3, -0.25) is 13.9 Å². The van der Waals surface area contributed by atoms with E-state index in [2.05, 4.69) is 5.32 Å². The standard InChI is InChI=1S/C30H32ClF2N3O4S/c1-21(30(38)34-23-11-4-2-5-12-23)35(19-22-10-8-9-15-27(22)32)29(37)20-36(24-16-17-28(33)26(31)18-24)41(39,40)25-13-6-3-7-14-25/h3,6-10,13-18,21,23H,2,4-5,11-12,19-20H2,1H3,(H,34,38)/t21-/m1/s1. The number of sulfonamides is 1. The molecule has 3 aromatic carbocycles. The first-order valence-electron chi connectivity index (χ1n) is 13.4. The van der Waals surface area contributed by atoms with Crippen molar-refractivity contribution in [3.63, 3.8) is 0 Å². The summed E-state index contributed by atoms with van der Waals surface area (Å²) < 4.78 is 57.0. The van der Waals surface area contributed by atoms with Crippen molar-refractivity contribution >= 4 is 39.1 Å². The topological polar surface area (TPSA) is 86.8 Å². The Kier molecular flexibility index (Phi) is 9.99. The molecule has 0 unspecified atom stereocenters. The maximum absolute atomic E-state index is 14.7. The molecule has 1 aliphatic carbocycles. The van der Waals surface area contributed by atoms with Gasteiger partial charge < -0.3 is 10.2 Å². The molecule has 0 radical (unpaired) electrons. The van der Waals surface area contributed by atoms with Crippen molar-refractivity contribution in [1.82, 2.24) is 10.2 Å². The molecule has 1 atom stereocenters. The second kappa shape index (κ2) is 13.4. The quantitative estimate of drug-likeness (QED) is 0.323. The van der Waals surface area contributed by atoms with E-state index in [1.54, 1.807) is 12.1 Å². The van der Waals surface area contributed by atoms with E-state index in [0.717, 1.165) is 53.4 Å². The minimum atomic E-state index is -4.33. The van der Waals surface area contributed by atoms with Crippen LogP contribution in [-0.4, -0.2) is 43.8 Å². The van der Waals surface area contributed by atoms with Gasteiger partial charge in [0.1, 0.15) is 24.2 Å². The number of halogens is 3. The molecule has 0 heterocycles. The minimum Gasteiger partial charge on any atom is -0.352 e. The van der Waals surface area contributed by atoms with E-state index in [1.807, 2.05) is 0 Å². The Bertz CT molecular complexity index is 1480. The van der Waals surface area contributed by atoms with Crippen molar-refractivity contribution in [2.24, 2.45) is 0 Å². The number of benzene rings is 3. The number of carbonyl (C=O) groups is 2. The maximum Gasteiger partial charge on any atom is 0.264 e. The van der Waals surface area contributed by atoms with E-state index >= 15 is 0 Å². The third kappa shape index (κ3) is 7.42. The first-order chi connectivity index (χ1) is 19.6. The normalized spacial score (nSPS) is 14.7. The highest BCUT2D eigenvalue weighted by Gasteiger charge is 2.33. The number of hydrogen-bond acceptors (Lipinski definition) is 4. The van der Waals surface area contributed by atoms with E-state index in [1.165, 1.54) is 55.5 Å². The third-order valence-corrected chi connectivity index (χ3v) is 9.30. The number of nitrogens with one attached hydrogen (secondary N) is 1. The van der Waals surface area contributed by atoms with Gasteiger partial charge in [0, 0.05) is 18.2 Å². The summed E-state index contributed by atoms with van der Waals surface area (Å²) in [6.45, 7) is 0.518. The van der Waals surface area contributed by atoms with Crippen molar-refractivity contribution in [2.75, 3.05) is 10.8 Å². The van der Waals surface area contributed by atoms with Gasteiger partial charge >= 0.3 is 0 Å². The van der Waals surface area contributed by atoms with Crippen LogP contribution in [-0.2, 0) is 26.2 Å². The van der Waals surface area contributed by atoms with E-state index in [9.17, 15) is 26.8 Å². The molecule has 1 N–H and O–H groups in total. The lowest BCUT2D eigenvalue weighted by Crippen LogP contribution is -2.53. The molecule has 3 aromatic rings. The van der Waals surface area contributed by atoms with Crippen molar-refractivity contribution in [3.8, 4) is 0 Å². The van der Waals surface area contributed by atoms with Gasteiger partial charge in [-0.1, -0.05) is 67.3 Å². The smallest absolute Gasteiger partial charge is 0.264 e. The van der Waals surface area contributed by atoms with Gasteiger partial charge in [0.2, 0.25) is 11.8 Å². The van der Waals surface area contributed by atoms with E-state index in [4.69, 9.17) is 11.6 Å². The second-order valence-corrected chi connectivity index (χ2v) is 12.3. The number of rotatable bonds is 10. The SMILES string of the molecule is C[C@H](C(=O)NC1CCCCC1)N(Cc1ccccc1F)C(=O)CN(c1ccc(F)c(Cl)c1)S(=O)(=O)c1ccccc1. The summed E-state index contributed by atoms with van der Waals surface area (Å²) in [5, 5.41) is 2.66. The summed E-state index contributed by atoms with van der Waals surface area (Å²) in [6.07, 6.45) is 4.73. The molecule has 0 aromatic heterocycles. The fraction of sp³-hybridized carbons (Fsp3) is 0.333. The number of hydrogen-bond donors (Lipinski definition) is 1. The van der Waals surface area contributed by atoms with E-state index in [0.29, 0.717) is 0 Å². The van der Waals surface area contributed by atoms with Crippen LogP contribution in [0.1, 0.15) is 44.6 Å². The highest BCUT2D eigenvalue weighted by atomic mass is 35.5. The zero-order valence-electron chi connectivity index (χ0n) is 22.6. The predicted octanol–water partition coefficient (Wildman–Crippen LogP) is 5.68. The van der Waals surface area contributed by atoms with Gasteiger partial charge in [-0.05, 0) is 56.2 Å². The highest BCUT2D eigenvalue weighted by molar-refractivity contribution is 7.92. The lowest BCUT2D eigenvalue weighted by molar-refractivity contribution is -0.139. The van der Waals surface area contributed by atoms with Crippen LogP contribution in [0, 0.1) is 11.6 Å². The Morgan fingerprint density at radius 3 is 2.27 bits per heavy atom. The summed E-state index contributed by atoms with van der Waals surface area (Å²) >= 11 is 5.98. The summed E-state index contributed by atoms with van der Waals surface area (Å²) in [5.41, 5.74) is 0.124. The number of anilines is 1. The molecule has 7 nitrogen and oxygen atoms in total. The van der Waals surface area contributed by atoms with Crippen LogP contribution in [0.3, 0.4) is 0 Å². The summed E-state index contributed by atoms with van der Waals surface area (Å²) in [7, 11) is -4.33. The lowest BCUT2D eigenvalue weighted by Gasteiger charge is -2.33. The molecule has 1 fully saturated rings. The molecule has 11 heteroatoms. The number of amides is 2. The minimum absolute atomic E-state index is 0.0274. The van der Waals surface area contributed by atoms with Crippen molar-refractivity contribution in [1.29, 1.82) is 0 Å². The van der Waals surface area contributed by atoms with Crippen molar-refractivity contribution in [2.45, 2.75) is 62.6 Å². The first kappa shape index (κ1) is 30.5. The molecule has 2 amide bonds. The van der Waals surface area contributed by atoms with Crippen LogP contribution in [0.15, 0.2) is 77.7 Å². The molecular formula is C30H32ClF2N3O4S. The van der Waals surface area contributed by atoms with Crippen LogP contribution in [0.2, 0.25) is 5.02 Å². The molecule has 1 aliphatic rings. The van der Waals surface area contributed by atoms with Gasteiger partial charge in [0.05, 0.1) is 15.6 Å². The average molecular weight is 604 g/mol. The molecule has 0 bridgehead atoms. The Hall–Kier alpha value is -3.50. The van der Waals surface area contributed by atoms with Crippen LogP contribution in [0.5, 0.6) is 0 Å². The molecule has 218 valence electrons. The number of carbonyl (C=O) groups excluding carboxylic acids is 2. The van der Waals surface area contributed by atoms with Gasteiger partial charge in [0.25, 0.3) is 10.0 Å². The van der Waals surface area contributed by atoms with Crippen LogP contribution >= 0.6 is 11.6 Å². The van der Waals surface area contributed by atoms with E-state index < -0.39 is 46.1 Å². The van der Waals surface area contributed by atoms with Crippen molar-refractivity contribution in [3.05, 3.63) is 95.0 Å². The summed E-state index contributed by atoms with van der Waals surface area (Å²) in [6, 6.07) is 15.6. The molecule has 1 saturated carbocycles. The monoisotopic (exact) mass is 603 g/mol. The second-order valence-electron chi connectivity index (χ2n) is 10.1. The summed E-state index contributed by atoms with van der Waals surface area (Å²) in [5.74, 6) is -2.49. The number of nitrogens with zero attached hydrogens (tertiary/aromatic N) is 2. The third-order valence-electron chi connectivity index (χ3n) is 7.22. The Labute approximate surface area is 244 Å². The van der Waals surface area contributed by atoms with E-state index in [-0.39, 0.29) is 33.8 Å². The molecular weight excluding hydrogens is 572 g/mol. The zero-order chi connectivity index (χ0) is 29.6. The predicted molar refractivity (Wildman–Crippen MR) is 154 cm³/mol. The first-order valence-corrected chi connectivity index (χ1v) is 15.3. The van der Waals surface area contributed by atoms with Crippen LogP contribution in [0.4, 0.5) is 14.5 Å². The molecule has 0 aliphatic heterocycles. The average Bonchev–Trinajstić information content (AvgIpc) is 2.97. The molecule has 41 heavy (non-hydrogen) atoms. The van der Waals surface area contributed by atoms with Gasteiger partial charge in [-0.2, -0.15) is 0 Å². The zero-order valence-corrected chi connectivity index (χ0v) is 24.2. The lowest BCUT2D eigenvalue weighted by atomic mass is 9.95. The maximum atomic E-state index is 14.7. The van der Waals surface area contributed by atoms with Crippen LogP contribution in [0.25, 0.3) is 0 Å². The van der Waals surface area contributed by atoms with Gasteiger partial charge in [0.15, 0.2) is 0 Å². The molecule has 0 spiro atoms. The Morgan fingerprint density at radius 2 is 1.61 bits per heavy atom. The fourth-order valence-corrected chi connectivity index (χ4v) is 6.45. The molecule has 4 rings (SSSR count). The fourth-order valence-electron chi connectivity index (χ4n) is 4.85. The van der Waals surface area contributed by atoms with Crippen molar-refractivity contribution < 1.29 is 26.8 Å². The van der Waals surface area contributed by atoms with Gasteiger partial charge in [-0.25, -0.2) is 17.2 Å². The Morgan fingerprint density at radius 1 is 0.951 bits per heavy atom. The molecule has 0 saturated heterocycles. The largest absolute Gasteiger partial charge is 0.352 e. The Balaban J connectivity index is 1.69. The highest BCUT2D eigenvalue weighted by Crippen LogP contribution is 2.28. The van der Waals surface area contributed by atoms with Gasteiger partial charge in [-0.15, -0.1) is 0 Å². The summed E-state index contributed by atoms with van der Waals surface area (Å²) in [4.78, 5) is 28.3. The van der Waals surface area contributed by atoms with Crippen LogP contribution < -0.4 is 9.62 Å².